The molecule has 0 spiro atoms. The van der Waals surface area contributed by atoms with Gasteiger partial charge >= 0.3 is 0 Å². The average Bonchev–Trinajstić information content (AvgIpc) is 2.46. The highest BCUT2D eigenvalue weighted by atomic mass is 16.1. The van der Waals surface area contributed by atoms with Crippen LogP contribution in [0.1, 0.15) is 24.8 Å². The molecule has 1 atom stereocenters. The second kappa shape index (κ2) is 7.04. The Balaban J connectivity index is 1.76. The predicted molar refractivity (Wildman–Crippen MR) is 78.1 cm³/mol. The van der Waals surface area contributed by atoms with Gasteiger partial charge in [0.1, 0.15) is 0 Å². The van der Waals surface area contributed by atoms with Gasteiger partial charge in [0.05, 0.1) is 11.6 Å². The minimum Gasteiger partial charge on any atom is -0.327 e. The van der Waals surface area contributed by atoms with Gasteiger partial charge in [0.2, 0.25) is 5.91 Å². The summed E-state index contributed by atoms with van der Waals surface area (Å²) in [6.07, 6.45) is 2.65. The molecule has 106 valence electrons. The maximum Gasteiger partial charge on any atom is 0.225 e. The van der Waals surface area contributed by atoms with Crippen molar-refractivity contribution in [2.75, 3.05) is 25.0 Å². The van der Waals surface area contributed by atoms with E-state index < -0.39 is 0 Å². The van der Waals surface area contributed by atoms with E-state index in [9.17, 15) is 4.79 Å². The van der Waals surface area contributed by atoms with E-state index in [0.717, 1.165) is 38.2 Å². The molecule has 0 aliphatic carbocycles. The van der Waals surface area contributed by atoms with Crippen LogP contribution >= 0.6 is 0 Å². The molecule has 1 fully saturated rings. The number of nitrogens with two attached hydrogens (primary N) is 1. The lowest BCUT2D eigenvalue weighted by Crippen LogP contribution is -2.43. The standard InChI is InChI=1S/C15H20N4O/c16-10-12-3-5-14(6-4-12)18-15(20)7-9-19-8-1-2-13(17)11-19/h3-6,13H,1-2,7-9,11,17H2,(H,18,20)/t13-/m1/s1. The maximum absolute atomic E-state index is 11.9. The summed E-state index contributed by atoms with van der Waals surface area (Å²) in [5, 5.41) is 11.5. The highest BCUT2D eigenvalue weighted by Gasteiger charge is 2.17. The number of hydrogen-bond donors (Lipinski definition) is 2. The van der Waals surface area contributed by atoms with Crippen LogP contribution < -0.4 is 11.1 Å². The van der Waals surface area contributed by atoms with E-state index in [0.29, 0.717) is 12.0 Å². The molecule has 1 aromatic carbocycles. The van der Waals surface area contributed by atoms with Gasteiger partial charge in [-0.25, -0.2) is 0 Å². The molecule has 1 aromatic rings. The number of carbonyl (C=O) groups is 1. The van der Waals surface area contributed by atoms with Gasteiger partial charge < -0.3 is 16.0 Å². The van der Waals surface area contributed by atoms with Crippen molar-refractivity contribution < 1.29 is 4.79 Å². The molecule has 2 rings (SSSR count). The Morgan fingerprint density at radius 2 is 2.20 bits per heavy atom. The third-order valence-electron chi connectivity index (χ3n) is 3.49. The molecule has 0 radical (unpaired) electrons. The molecule has 20 heavy (non-hydrogen) atoms. The molecule has 5 heteroatoms. The first-order valence-electron chi connectivity index (χ1n) is 6.95. The molecule has 3 N–H and O–H groups in total. The van der Waals surface area contributed by atoms with Gasteiger partial charge in [-0.2, -0.15) is 5.26 Å². The van der Waals surface area contributed by atoms with Crippen molar-refractivity contribution in [2.24, 2.45) is 5.73 Å². The molecule has 0 aromatic heterocycles. The number of benzene rings is 1. The Hall–Kier alpha value is -1.90. The number of hydrogen-bond acceptors (Lipinski definition) is 4. The van der Waals surface area contributed by atoms with Crippen LogP contribution in [0.4, 0.5) is 5.69 Å². The van der Waals surface area contributed by atoms with Crippen molar-refractivity contribution in [3.63, 3.8) is 0 Å². The molecular formula is C15H20N4O. The average molecular weight is 272 g/mol. The van der Waals surface area contributed by atoms with Crippen LogP contribution in [0.5, 0.6) is 0 Å². The normalized spacial score (nSPS) is 19.3. The number of amides is 1. The second-order valence-electron chi connectivity index (χ2n) is 5.19. The fourth-order valence-corrected chi connectivity index (χ4v) is 2.41. The van der Waals surface area contributed by atoms with E-state index in [2.05, 4.69) is 10.2 Å². The number of rotatable bonds is 4. The zero-order valence-corrected chi connectivity index (χ0v) is 11.5. The predicted octanol–water partition coefficient (Wildman–Crippen LogP) is 1.31. The minimum atomic E-state index is -0.00569. The number of likely N-dealkylation sites (tertiary alicyclic amines) is 1. The number of piperidine rings is 1. The summed E-state index contributed by atoms with van der Waals surface area (Å²) < 4.78 is 0. The maximum atomic E-state index is 11.9. The van der Waals surface area contributed by atoms with Crippen molar-refractivity contribution >= 4 is 11.6 Å². The molecule has 0 saturated carbocycles. The van der Waals surface area contributed by atoms with Gasteiger partial charge in [0.25, 0.3) is 0 Å². The smallest absolute Gasteiger partial charge is 0.225 e. The van der Waals surface area contributed by atoms with Crippen LogP contribution in [0.15, 0.2) is 24.3 Å². The van der Waals surface area contributed by atoms with Crippen molar-refractivity contribution in [2.45, 2.75) is 25.3 Å². The van der Waals surface area contributed by atoms with E-state index in [4.69, 9.17) is 11.0 Å². The zero-order chi connectivity index (χ0) is 14.4. The van der Waals surface area contributed by atoms with E-state index in [1.807, 2.05) is 6.07 Å². The van der Waals surface area contributed by atoms with Crippen molar-refractivity contribution in [3.8, 4) is 6.07 Å². The molecule has 1 amide bonds. The lowest BCUT2D eigenvalue weighted by molar-refractivity contribution is -0.116. The monoisotopic (exact) mass is 272 g/mol. The summed E-state index contributed by atoms with van der Waals surface area (Å²) in [7, 11) is 0. The molecule has 0 bridgehead atoms. The molecule has 1 aliphatic rings. The molecule has 1 heterocycles. The highest BCUT2D eigenvalue weighted by molar-refractivity contribution is 5.90. The number of nitrogens with zero attached hydrogens (tertiary/aromatic N) is 2. The van der Waals surface area contributed by atoms with Crippen LogP contribution in [-0.4, -0.2) is 36.5 Å². The summed E-state index contributed by atoms with van der Waals surface area (Å²) >= 11 is 0. The quantitative estimate of drug-likeness (QED) is 0.865. The van der Waals surface area contributed by atoms with Gasteiger partial charge in [-0.3, -0.25) is 4.79 Å². The van der Waals surface area contributed by atoms with Gasteiger partial charge in [-0.1, -0.05) is 0 Å². The van der Waals surface area contributed by atoms with Gasteiger partial charge in [0, 0.05) is 31.2 Å². The SMILES string of the molecule is N#Cc1ccc(NC(=O)CCN2CCC[C@@H](N)C2)cc1. The van der Waals surface area contributed by atoms with Crippen LogP contribution in [-0.2, 0) is 4.79 Å². The second-order valence-corrected chi connectivity index (χ2v) is 5.19. The minimum absolute atomic E-state index is 0.00569. The first-order chi connectivity index (χ1) is 9.67. The summed E-state index contributed by atoms with van der Waals surface area (Å²) in [6, 6.07) is 9.16. The summed E-state index contributed by atoms with van der Waals surface area (Å²) in [4.78, 5) is 14.1. The third kappa shape index (κ3) is 4.34. The van der Waals surface area contributed by atoms with Crippen LogP contribution in [0.2, 0.25) is 0 Å². The number of carbonyl (C=O) groups excluding carboxylic acids is 1. The summed E-state index contributed by atoms with van der Waals surface area (Å²) in [5.41, 5.74) is 7.23. The fourth-order valence-electron chi connectivity index (χ4n) is 2.41. The first-order valence-corrected chi connectivity index (χ1v) is 6.95. The summed E-state index contributed by atoms with van der Waals surface area (Å²) in [5.74, 6) is -0.00569. The summed E-state index contributed by atoms with van der Waals surface area (Å²) in [6.45, 7) is 2.65. The van der Waals surface area contributed by atoms with Crippen LogP contribution in [0.25, 0.3) is 0 Å². The lowest BCUT2D eigenvalue weighted by Gasteiger charge is -2.30. The van der Waals surface area contributed by atoms with Gasteiger partial charge in [0.15, 0.2) is 0 Å². The van der Waals surface area contributed by atoms with Crippen molar-refractivity contribution in [1.29, 1.82) is 5.26 Å². The van der Waals surface area contributed by atoms with E-state index in [1.165, 1.54) is 0 Å². The molecule has 1 saturated heterocycles. The van der Waals surface area contributed by atoms with Crippen molar-refractivity contribution in [3.05, 3.63) is 29.8 Å². The van der Waals surface area contributed by atoms with Gasteiger partial charge in [-0.05, 0) is 43.7 Å². The molecule has 1 aliphatic heterocycles. The Kier molecular flexibility index (Phi) is 5.10. The molecule has 5 nitrogen and oxygen atoms in total. The topological polar surface area (TPSA) is 82.2 Å². The van der Waals surface area contributed by atoms with E-state index in [1.54, 1.807) is 24.3 Å². The highest BCUT2D eigenvalue weighted by Crippen LogP contribution is 2.11. The number of anilines is 1. The zero-order valence-electron chi connectivity index (χ0n) is 11.5. The Morgan fingerprint density at radius 3 is 2.85 bits per heavy atom. The van der Waals surface area contributed by atoms with Crippen LogP contribution in [0.3, 0.4) is 0 Å². The van der Waals surface area contributed by atoms with E-state index in [-0.39, 0.29) is 11.9 Å². The van der Waals surface area contributed by atoms with Crippen LogP contribution in [0, 0.1) is 11.3 Å². The van der Waals surface area contributed by atoms with Gasteiger partial charge in [-0.15, -0.1) is 0 Å². The Morgan fingerprint density at radius 1 is 1.45 bits per heavy atom. The van der Waals surface area contributed by atoms with Crippen molar-refractivity contribution in [1.82, 2.24) is 4.90 Å². The number of nitrogens with one attached hydrogen (secondary N) is 1. The molecular weight excluding hydrogens is 252 g/mol. The fraction of sp³-hybridized carbons (Fsp3) is 0.467. The largest absolute Gasteiger partial charge is 0.327 e. The first kappa shape index (κ1) is 14.5. The lowest BCUT2D eigenvalue weighted by atomic mass is 10.1. The Labute approximate surface area is 119 Å². The Bertz CT molecular complexity index is 492. The molecule has 0 unspecified atom stereocenters. The third-order valence-corrected chi connectivity index (χ3v) is 3.49. The van der Waals surface area contributed by atoms with E-state index >= 15 is 0 Å². The number of nitriles is 1.